The summed E-state index contributed by atoms with van der Waals surface area (Å²) in [6, 6.07) is 6.57. The Morgan fingerprint density at radius 1 is 1.31 bits per heavy atom. The highest BCUT2D eigenvalue weighted by Gasteiger charge is 2.38. The topological polar surface area (TPSA) is 124 Å². The van der Waals surface area contributed by atoms with Gasteiger partial charge in [-0.15, -0.1) is 0 Å². The Kier molecular flexibility index (Phi) is 6.67. The van der Waals surface area contributed by atoms with Crippen molar-refractivity contribution in [2.45, 2.75) is 38.0 Å². The molecule has 0 amide bonds. The molecule has 12 heteroatoms. The van der Waals surface area contributed by atoms with Gasteiger partial charge in [0.05, 0.1) is 13.7 Å². The fraction of sp³-hybridized carbons (Fsp3) is 0.412. The van der Waals surface area contributed by atoms with Crippen LogP contribution in [-0.4, -0.2) is 49.8 Å². The number of aliphatic carboxylic acids is 2. The number of rotatable bonds is 4. The van der Waals surface area contributed by atoms with Crippen molar-refractivity contribution < 1.29 is 37.7 Å². The number of aromatic nitrogens is 3. The van der Waals surface area contributed by atoms with E-state index in [1.54, 1.807) is 7.11 Å². The zero-order valence-corrected chi connectivity index (χ0v) is 15.2. The quantitative estimate of drug-likeness (QED) is 0.776. The average Bonchev–Trinajstić information content (AvgIpc) is 2.97. The van der Waals surface area contributed by atoms with Gasteiger partial charge in [-0.25, -0.2) is 19.1 Å². The maximum absolute atomic E-state index is 12.5. The van der Waals surface area contributed by atoms with Gasteiger partial charge in [-0.1, -0.05) is 12.1 Å². The first-order valence-corrected chi connectivity index (χ1v) is 8.38. The summed E-state index contributed by atoms with van der Waals surface area (Å²) in [5, 5.41) is 20.7. The summed E-state index contributed by atoms with van der Waals surface area (Å²) in [5.74, 6) is -2.49. The number of carboxylic acids is 2. The Morgan fingerprint density at radius 2 is 1.97 bits per heavy atom. The van der Waals surface area contributed by atoms with Crippen molar-refractivity contribution in [1.29, 1.82) is 0 Å². The summed E-state index contributed by atoms with van der Waals surface area (Å²) in [7, 11) is 1.58. The maximum atomic E-state index is 12.5. The highest BCUT2D eigenvalue weighted by atomic mass is 19.4. The molecule has 1 atom stereocenters. The van der Waals surface area contributed by atoms with Crippen molar-refractivity contribution in [3.05, 3.63) is 46.1 Å². The lowest BCUT2D eigenvalue weighted by Crippen LogP contribution is -2.34. The SMILES string of the molecule is COc1cccc(Cn2nc3n(c2=O)C(C(=O)O)CCC3)c1.O=C(O)C(F)(F)F. The molecule has 2 N–H and O–H groups in total. The van der Waals surface area contributed by atoms with Gasteiger partial charge in [0.2, 0.25) is 0 Å². The van der Waals surface area contributed by atoms with Gasteiger partial charge in [0.15, 0.2) is 0 Å². The molecule has 0 bridgehead atoms. The molecule has 0 saturated carbocycles. The van der Waals surface area contributed by atoms with Crippen LogP contribution in [0.25, 0.3) is 0 Å². The fourth-order valence-electron chi connectivity index (χ4n) is 2.81. The van der Waals surface area contributed by atoms with Crippen molar-refractivity contribution in [3.8, 4) is 5.75 Å². The van der Waals surface area contributed by atoms with E-state index in [-0.39, 0.29) is 5.69 Å². The minimum atomic E-state index is -5.08. The van der Waals surface area contributed by atoms with Crippen LogP contribution in [0, 0.1) is 0 Å². The van der Waals surface area contributed by atoms with Crippen LogP contribution in [0.4, 0.5) is 13.2 Å². The molecule has 9 nitrogen and oxygen atoms in total. The molecule has 3 rings (SSSR count). The van der Waals surface area contributed by atoms with E-state index in [0.29, 0.717) is 31.0 Å². The smallest absolute Gasteiger partial charge is 0.490 e. The van der Waals surface area contributed by atoms with Crippen LogP contribution in [0.2, 0.25) is 0 Å². The molecule has 1 unspecified atom stereocenters. The summed E-state index contributed by atoms with van der Waals surface area (Å²) in [4.78, 5) is 32.7. The standard InChI is InChI=1S/C15H17N3O4.C2HF3O2/c1-22-11-5-2-4-10(8-11)9-17-15(21)18-12(14(19)20)6-3-7-13(18)16-17;3-2(4,5)1(6)7/h2,4-5,8,12H,3,6-7,9H2,1H3,(H,19,20);(H,6,7). The van der Waals surface area contributed by atoms with Gasteiger partial charge in [-0.3, -0.25) is 4.57 Å². The summed E-state index contributed by atoms with van der Waals surface area (Å²) in [6.45, 7) is 0.294. The van der Waals surface area contributed by atoms with Crippen molar-refractivity contribution in [2.24, 2.45) is 0 Å². The molecule has 158 valence electrons. The Morgan fingerprint density at radius 3 is 2.52 bits per heavy atom. The largest absolute Gasteiger partial charge is 0.497 e. The van der Waals surface area contributed by atoms with E-state index in [1.807, 2.05) is 24.3 Å². The second-order valence-corrected chi connectivity index (χ2v) is 6.13. The van der Waals surface area contributed by atoms with Crippen LogP contribution in [0.5, 0.6) is 5.75 Å². The number of ether oxygens (including phenoxy) is 1. The lowest BCUT2D eigenvalue weighted by molar-refractivity contribution is -0.192. The minimum absolute atomic E-state index is 0.294. The number of carbonyl (C=O) groups is 2. The minimum Gasteiger partial charge on any atom is -0.497 e. The van der Waals surface area contributed by atoms with Crippen LogP contribution >= 0.6 is 0 Å². The number of hydrogen-bond donors (Lipinski definition) is 2. The normalized spacial score (nSPS) is 15.7. The third-order valence-corrected chi connectivity index (χ3v) is 4.12. The van der Waals surface area contributed by atoms with Gasteiger partial charge >= 0.3 is 23.8 Å². The van der Waals surface area contributed by atoms with Crippen LogP contribution in [0.15, 0.2) is 29.1 Å². The third kappa shape index (κ3) is 5.36. The number of aryl methyl sites for hydroxylation is 1. The van der Waals surface area contributed by atoms with Gasteiger partial charge in [0.1, 0.15) is 17.6 Å². The predicted molar refractivity (Wildman–Crippen MR) is 91.9 cm³/mol. The van der Waals surface area contributed by atoms with E-state index in [9.17, 15) is 27.9 Å². The van der Waals surface area contributed by atoms with E-state index in [0.717, 1.165) is 12.0 Å². The number of halogens is 3. The molecule has 29 heavy (non-hydrogen) atoms. The maximum Gasteiger partial charge on any atom is 0.490 e. The molecule has 2 aromatic rings. The second kappa shape index (κ2) is 8.80. The average molecular weight is 417 g/mol. The first-order chi connectivity index (χ1) is 13.5. The van der Waals surface area contributed by atoms with Crippen LogP contribution < -0.4 is 10.4 Å². The zero-order chi connectivity index (χ0) is 21.8. The number of hydrogen-bond acceptors (Lipinski definition) is 5. The van der Waals surface area contributed by atoms with E-state index in [1.165, 1.54) is 9.25 Å². The van der Waals surface area contributed by atoms with Gasteiger partial charge in [0.25, 0.3) is 0 Å². The van der Waals surface area contributed by atoms with E-state index in [4.69, 9.17) is 14.6 Å². The van der Waals surface area contributed by atoms with Crippen LogP contribution in [0.3, 0.4) is 0 Å². The zero-order valence-electron chi connectivity index (χ0n) is 15.2. The number of benzene rings is 1. The lowest BCUT2D eigenvalue weighted by Gasteiger charge is -2.19. The van der Waals surface area contributed by atoms with Crippen molar-refractivity contribution >= 4 is 11.9 Å². The van der Waals surface area contributed by atoms with Gasteiger partial charge in [-0.05, 0) is 30.5 Å². The molecule has 0 spiro atoms. The molecule has 0 radical (unpaired) electrons. The monoisotopic (exact) mass is 417 g/mol. The van der Waals surface area contributed by atoms with E-state index < -0.39 is 24.2 Å². The number of fused-ring (bicyclic) bond motifs is 1. The number of alkyl halides is 3. The molecule has 0 aliphatic carbocycles. The first-order valence-electron chi connectivity index (χ1n) is 8.38. The Balaban J connectivity index is 0.000000370. The summed E-state index contributed by atoms with van der Waals surface area (Å²) < 4.78 is 39.5. The van der Waals surface area contributed by atoms with Crippen molar-refractivity contribution in [3.63, 3.8) is 0 Å². The molecule has 0 fully saturated rings. The number of methoxy groups -OCH3 is 1. The van der Waals surface area contributed by atoms with Crippen molar-refractivity contribution in [1.82, 2.24) is 14.3 Å². The molecule has 1 aromatic heterocycles. The Labute approximate surface area is 161 Å². The van der Waals surface area contributed by atoms with Gasteiger partial charge in [-0.2, -0.15) is 18.3 Å². The second-order valence-electron chi connectivity index (χ2n) is 6.13. The summed E-state index contributed by atoms with van der Waals surface area (Å²) >= 11 is 0. The van der Waals surface area contributed by atoms with Crippen molar-refractivity contribution in [2.75, 3.05) is 7.11 Å². The van der Waals surface area contributed by atoms with Gasteiger partial charge < -0.3 is 14.9 Å². The fourth-order valence-corrected chi connectivity index (χ4v) is 2.81. The first kappa shape index (κ1) is 22.0. The molecular formula is C17H18F3N3O6. The lowest BCUT2D eigenvalue weighted by atomic mass is 10.1. The van der Waals surface area contributed by atoms with E-state index >= 15 is 0 Å². The van der Waals surface area contributed by atoms with Crippen LogP contribution in [0.1, 0.15) is 30.3 Å². The number of nitrogens with zero attached hydrogens (tertiary/aromatic N) is 3. The van der Waals surface area contributed by atoms with Crippen LogP contribution in [-0.2, 0) is 22.6 Å². The molecule has 1 aliphatic heterocycles. The predicted octanol–water partition coefficient (Wildman–Crippen LogP) is 1.70. The van der Waals surface area contributed by atoms with E-state index in [2.05, 4.69) is 5.10 Å². The number of carboxylic acid groups (broad SMARTS) is 2. The highest BCUT2D eigenvalue weighted by molar-refractivity contribution is 5.73. The summed E-state index contributed by atoms with van der Waals surface area (Å²) in [5.41, 5.74) is 0.508. The molecular weight excluding hydrogens is 399 g/mol. The molecule has 0 saturated heterocycles. The third-order valence-electron chi connectivity index (χ3n) is 4.12. The van der Waals surface area contributed by atoms with Gasteiger partial charge in [0, 0.05) is 6.42 Å². The molecule has 2 heterocycles. The Bertz CT molecular complexity index is 951. The molecule has 1 aliphatic rings. The summed E-state index contributed by atoms with van der Waals surface area (Å²) in [6.07, 6.45) is -3.26. The molecule has 1 aromatic carbocycles. The Hall–Kier alpha value is -3.31. The highest BCUT2D eigenvalue weighted by Crippen LogP contribution is 2.22.